The molecule has 0 aliphatic rings. The number of nitrogens with two attached hydrogens (primary N) is 2. The van der Waals surface area contributed by atoms with Crippen LogP contribution in [0, 0.1) is 0 Å². The van der Waals surface area contributed by atoms with Crippen LogP contribution in [0.1, 0.15) is 5.56 Å². The smallest absolute Gasteiger partial charge is 0.322 e. The van der Waals surface area contributed by atoms with Gasteiger partial charge in [0.2, 0.25) is 0 Å². The number of aliphatic carboxylic acids is 1. The van der Waals surface area contributed by atoms with E-state index in [1.807, 2.05) is 30.3 Å². The molecule has 0 aliphatic carbocycles. The standard InChI is InChI=1S/C10H13NO2.C2H5NO2.ClH/c1-13-10(12)9(11)7-8-5-3-2-4-6-8;3-1-2(4)5;/h2-6,9H,7,11H2,1H3;1,3H2,(H,4,5);1H/t9-;;/m0../s1. The van der Waals surface area contributed by atoms with E-state index in [4.69, 9.17) is 10.8 Å². The van der Waals surface area contributed by atoms with Gasteiger partial charge >= 0.3 is 11.9 Å². The van der Waals surface area contributed by atoms with Crippen LogP contribution in [0.15, 0.2) is 30.3 Å². The predicted molar refractivity (Wildman–Crippen MR) is 74.1 cm³/mol. The van der Waals surface area contributed by atoms with Crippen molar-refractivity contribution in [1.82, 2.24) is 0 Å². The molecule has 0 spiro atoms. The Hall–Kier alpha value is -1.63. The molecule has 108 valence electrons. The number of carbonyl (C=O) groups is 2. The van der Waals surface area contributed by atoms with Gasteiger partial charge in [0.1, 0.15) is 6.04 Å². The number of ether oxygens (including phenoxy) is 1. The van der Waals surface area contributed by atoms with Crippen molar-refractivity contribution >= 4 is 24.3 Å². The summed E-state index contributed by atoms with van der Waals surface area (Å²) in [6, 6.07) is 9.06. The molecule has 0 bridgehead atoms. The first kappa shape index (κ1) is 19.7. The van der Waals surface area contributed by atoms with Crippen molar-refractivity contribution in [3.8, 4) is 0 Å². The molecule has 1 rings (SSSR count). The van der Waals surface area contributed by atoms with Gasteiger partial charge in [-0.1, -0.05) is 30.3 Å². The molecule has 1 aromatic rings. The minimum atomic E-state index is -0.968. The van der Waals surface area contributed by atoms with Crippen LogP contribution in [0.25, 0.3) is 0 Å². The molecule has 0 fully saturated rings. The first-order valence-electron chi connectivity index (χ1n) is 5.30. The maximum absolute atomic E-state index is 11.0. The maximum Gasteiger partial charge on any atom is 0.322 e. The topological polar surface area (TPSA) is 116 Å². The highest BCUT2D eigenvalue weighted by atomic mass is 35.5. The number of carbonyl (C=O) groups excluding carboxylic acids is 1. The van der Waals surface area contributed by atoms with Crippen molar-refractivity contribution in [3.63, 3.8) is 0 Å². The van der Waals surface area contributed by atoms with Crippen LogP contribution in [0.3, 0.4) is 0 Å². The number of rotatable bonds is 4. The molecule has 0 unspecified atom stereocenters. The average molecular weight is 291 g/mol. The molecule has 1 aromatic carbocycles. The number of carboxylic acids is 1. The van der Waals surface area contributed by atoms with Crippen LogP contribution in [0.2, 0.25) is 0 Å². The second-order valence-corrected chi connectivity index (χ2v) is 3.42. The van der Waals surface area contributed by atoms with Gasteiger partial charge in [-0.25, -0.2) is 0 Å². The molecule has 0 radical (unpaired) electrons. The number of esters is 1. The summed E-state index contributed by atoms with van der Waals surface area (Å²) in [5.74, 6) is -1.34. The van der Waals surface area contributed by atoms with E-state index in [0.717, 1.165) is 5.56 Å². The Morgan fingerprint density at radius 3 is 2.16 bits per heavy atom. The molecule has 1 atom stereocenters. The fraction of sp³-hybridized carbons (Fsp3) is 0.333. The van der Waals surface area contributed by atoms with Crippen LogP contribution in [0.5, 0.6) is 0 Å². The summed E-state index contributed by atoms with van der Waals surface area (Å²) in [5, 5.41) is 7.60. The zero-order valence-electron chi connectivity index (χ0n) is 10.6. The molecule has 7 heteroatoms. The summed E-state index contributed by atoms with van der Waals surface area (Å²) < 4.78 is 4.52. The lowest BCUT2D eigenvalue weighted by Gasteiger charge is -2.08. The zero-order chi connectivity index (χ0) is 14.0. The second-order valence-electron chi connectivity index (χ2n) is 3.42. The van der Waals surface area contributed by atoms with Gasteiger partial charge in [-0.3, -0.25) is 9.59 Å². The third kappa shape index (κ3) is 10.0. The molecular weight excluding hydrogens is 272 g/mol. The Kier molecular flexibility index (Phi) is 11.9. The van der Waals surface area contributed by atoms with Gasteiger partial charge in [0, 0.05) is 0 Å². The van der Waals surface area contributed by atoms with Crippen molar-refractivity contribution in [1.29, 1.82) is 0 Å². The molecule has 0 heterocycles. The van der Waals surface area contributed by atoms with E-state index in [1.165, 1.54) is 7.11 Å². The number of hydrogen-bond donors (Lipinski definition) is 3. The highest BCUT2D eigenvalue weighted by Gasteiger charge is 2.13. The Morgan fingerprint density at radius 2 is 1.79 bits per heavy atom. The normalized spacial score (nSPS) is 10.3. The molecule has 0 aromatic heterocycles. The maximum atomic E-state index is 11.0. The quantitative estimate of drug-likeness (QED) is 0.681. The molecular formula is C12H19ClN2O4. The van der Waals surface area contributed by atoms with E-state index in [9.17, 15) is 9.59 Å². The SMILES string of the molecule is COC(=O)[C@@H](N)Cc1ccccc1.Cl.NCC(=O)O. The summed E-state index contributed by atoms with van der Waals surface area (Å²) >= 11 is 0. The van der Waals surface area contributed by atoms with Gasteiger partial charge < -0.3 is 21.3 Å². The number of benzene rings is 1. The molecule has 0 saturated heterocycles. The Bertz CT molecular complexity index is 373. The van der Waals surface area contributed by atoms with Crippen molar-refractivity contribution in [2.24, 2.45) is 11.5 Å². The Balaban J connectivity index is 0. The van der Waals surface area contributed by atoms with Gasteiger partial charge in [-0.15, -0.1) is 12.4 Å². The summed E-state index contributed by atoms with van der Waals surface area (Å²) in [4.78, 5) is 20.2. The Morgan fingerprint density at radius 1 is 1.32 bits per heavy atom. The molecule has 5 N–H and O–H groups in total. The minimum Gasteiger partial charge on any atom is -0.480 e. The molecule has 0 aliphatic heterocycles. The largest absolute Gasteiger partial charge is 0.480 e. The van der Waals surface area contributed by atoms with Crippen LogP contribution in [-0.4, -0.2) is 36.7 Å². The number of halogens is 1. The summed E-state index contributed by atoms with van der Waals surface area (Å²) in [6.07, 6.45) is 0.521. The van der Waals surface area contributed by atoms with E-state index in [2.05, 4.69) is 10.5 Å². The summed E-state index contributed by atoms with van der Waals surface area (Å²) in [7, 11) is 1.34. The third-order valence-corrected chi connectivity index (χ3v) is 1.98. The Labute approximate surface area is 118 Å². The first-order valence-corrected chi connectivity index (χ1v) is 5.30. The predicted octanol–water partition coefficient (Wildman–Crippen LogP) is 0.181. The van der Waals surface area contributed by atoms with Gasteiger partial charge in [-0.2, -0.15) is 0 Å². The van der Waals surface area contributed by atoms with Gasteiger partial charge in [0.05, 0.1) is 13.7 Å². The zero-order valence-corrected chi connectivity index (χ0v) is 11.4. The first-order chi connectivity index (χ1) is 8.51. The van der Waals surface area contributed by atoms with E-state index in [0.29, 0.717) is 6.42 Å². The van der Waals surface area contributed by atoms with Crippen molar-refractivity contribution in [2.75, 3.05) is 13.7 Å². The third-order valence-electron chi connectivity index (χ3n) is 1.98. The number of methoxy groups -OCH3 is 1. The number of hydrogen-bond acceptors (Lipinski definition) is 5. The lowest BCUT2D eigenvalue weighted by Crippen LogP contribution is -2.33. The fourth-order valence-electron chi connectivity index (χ4n) is 1.10. The lowest BCUT2D eigenvalue weighted by molar-refractivity contribution is -0.142. The highest BCUT2D eigenvalue weighted by molar-refractivity contribution is 5.85. The van der Waals surface area contributed by atoms with Gasteiger partial charge in [-0.05, 0) is 12.0 Å². The van der Waals surface area contributed by atoms with Gasteiger partial charge in [0.25, 0.3) is 0 Å². The fourth-order valence-corrected chi connectivity index (χ4v) is 1.10. The van der Waals surface area contributed by atoms with E-state index >= 15 is 0 Å². The lowest BCUT2D eigenvalue weighted by atomic mass is 10.1. The van der Waals surface area contributed by atoms with Crippen molar-refractivity contribution < 1.29 is 19.4 Å². The molecule has 6 nitrogen and oxygen atoms in total. The molecule has 19 heavy (non-hydrogen) atoms. The molecule has 0 saturated carbocycles. The molecule has 0 amide bonds. The summed E-state index contributed by atoms with van der Waals surface area (Å²) in [6.45, 7) is -0.278. The van der Waals surface area contributed by atoms with Crippen molar-refractivity contribution in [3.05, 3.63) is 35.9 Å². The average Bonchev–Trinajstić information content (AvgIpc) is 2.39. The van der Waals surface area contributed by atoms with Crippen LogP contribution >= 0.6 is 12.4 Å². The monoisotopic (exact) mass is 290 g/mol. The van der Waals surface area contributed by atoms with Crippen LogP contribution in [0.4, 0.5) is 0 Å². The minimum absolute atomic E-state index is 0. The summed E-state index contributed by atoms with van der Waals surface area (Å²) in [5.41, 5.74) is 11.2. The highest BCUT2D eigenvalue weighted by Crippen LogP contribution is 2.02. The van der Waals surface area contributed by atoms with Crippen molar-refractivity contribution in [2.45, 2.75) is 12.5 Å². The van der Waals surface area contributed by atoms with Crippen LogP contribution < -0.4 is 11.5 Å². The van der Waals surface area contributed by atoms with E-state index < -0.39 is 12.0 Å². The number of carboxylic acid groups (broad SMARTS) is 1. The van der Waals surface area contributed by atoms with E-state index in [-0.39, 0.29) is 24.9 Å². The van der Waals surface area contributed by atoms with E-state index in [1.54, 1.807) is 0 Å². The van der Waals surface area contributed by atoms with Gasteiger partial charge in [0.15, 0.2) is 0 Å². The van der Waals surface area contributed by atoms with Crippen LogP contribution in [-0.2, 0) is 20.7 Å². The second kappa shape index (κ2) is 11.5.